The Bertz CT molecular complexity index is 1700. The molecule has 0 aliphatic carbocycles. The Morgan fingerprint density at radius 3 is 1.93 bits per heavy atom. The lowest BCUT2D eigenvalue weighted by molar-refractivity contribution is -0.137. The topological polar surface area (TPSA) is 70.8 Å². The van der Waals surface area contributed by atoms with E-state index < -0.39 is 5.97 Å². The van der Waals surface area contributed by atoms with Crippen LogP contribution in [-0.2, 0) is 24.1 Å². The van der Waals surface area contributed by atoms with E-state index in [0.29, 0.717) is 35.8 Å². The van der Waals surface area contributed by atoms with Crippen LogP contribution in [0.15, 0.2) is 103 Å². The summed E-state index contributed by atoms with van der Waals surface area (Å²) in [7, 11) is 0. The monoisotopic (exact) mass is 636 g/mol. The van der Waals surface area contributed by atoms with Crippen molar-refractivity contribution >= 4 is 35.4 Å². The molecule has 0 aliphatic heterocycles. The number of rotatable bonds is 14. The second kappa shape index (κ2) is 15.8. The van der Waals surface area contributed by atoms with Crippen LogP contribution in [0.5, 0.6) is 0 Å². The number of hydrogen-bond acceptors (Lipinski definition) is 3. The molecule has 0 saturated heterocycles. The molecule has 0 radical (unpaired) electrons. The molecule has 5 nitrogen and oxygen atoms in total. The molecule has 0 amide bonds. The van der Waals surface area contributed by atoms with E-state index in [4.69, 9.17) is 5.11 Å². The number of fused-ring (bicyclic) bond motifs is 1. The summed E-state index contributed by atoms with van der Waals surface area (Å²) in [5, 5.41) is 12.8. The van der Waals surface area contributed by atoms with E-state index in [-0.39, 0.29) is 30.7 Å². The third-order valence-electron chi connectivity index (χ3n) is 8.17. The highest BCUT2D eigenvalue weighted by atomic mass is 35.5. The molecular formula is C40H45ClN2O3. The highest BCUT2D eigenvalue weighted by molar-refractivity contribution is 6.13. The predicted octanol–water partition coefficient (Wildman–Crippen LogP) is 9.60. The van der Waals surface area contributed by atoms with Crippen LogP contribution < -0.4 is 5.32 Å². The van der Waals surface area contributed by atoms with E-state index in [9.17, 15) is 9.59 Å². The van der Waals surface area contributed by atoms with Crippen molar-refractivity contribution in [1.29, 1.82) is 0 Å². The van der Waals surface area contributed by atoms with Gasteiger partial charge in [-0.15, -0.1) is 12.4 Å². The number of hydrogen-bond donors (Lipinski definition) is 2. The number of ketones is 1. The summed E-state index contributed by atoms with van der Waals surface area (Å²) >= 11 is 0. The van der Waals surface area contributed by atoms with E-state index in [2.05, 4.69) is 81.5 Å². The van der Waals surface area contributed by atoms with Crippen molar-refractivity contribution in [2.75, 3.05) is 5.32 Å². The minimum absolute atomic E-state index is 0. The minimum atomic E-state index is -0.812. The van der Waals surface area contributed by atoms with Crippen LogP contribution >= 0.6 is 12.4 Å². The first-order valence-electron chi connectivity index (χ1n) is 16.1. The standard InChI is InChI=1S/C40H44N2O3.ClH/c1-27(2)23-29-14-18-31(19-15-29)39(32-20-16-30(17-21-32)24-28(3)4)41-34-10-7-9-33(25-34)40(45)36-26-35(11-8-13-38(43)44)42-22-6-5-12-37(36)42;/h5-7,9-10,12,14-22,25-28,39,41H,8,11,13,23-24H2,1-4H3,(H,43,44);1H. The molecule has 0 unspecified atom stereocenters. The van der Waals surface area contributed by atoms with Gasteiger partial charge in [0.25, 0.3) is 0 Å². The predicted molar refractivity (Wildman–Crippen MR) is 191 cm³/mol. The summed E-state index contributed by atoms with van der Waals surface area (Å²) in [5.74, 6) is 0.321. The molecule has 46 heavy (non-hydrogen) atoms. The van der Waals surface area contributed by atoms with Crippen LogP contribution in [-0.4, -0.2) is 21.3 Å². The molecule has 3 aromatic carbocycles. The Labute approximate surface area is 279 Å². The third kappa shape index (κ3) is 8.67. The highest BCUT2D eigenvalue weighted by Crippen LogP contribution is 2.30. The van der Waals surface area contributed by atoms with Crippen molar-refractivity contribution in [3.8, 4) is 0 Å². The number of halogens is 1. The van der Waals surface area contributed by atoms with E-state index in [1.807, 2.05) is 59.1 Å². The molecule has 0 fully saturated rings. The number of benzene rings is 3. The van der Waals surface area contributed by atoms with Gasteiger partial charge in [-0.3, -0.25) is 9.59 Å². The summed E-state index contributed by atoms with van der Waals surface area (Å²) < 4.78 is 2.00. The number of aromatic nitrogens is 1. The quantitative estimate of drug-likeness (QED) is 0.119. The number of aliphatic carboxylic acids is 1. The lowest BCUT2D eigenvalue weighted by atomic mass is 9.93. The maximum Gasteiger partial charge on any atom is 0.303 e. The molecule has 2 aromatic heterocycles. The Morgan fingerprint density at radius 1 is 0.761 bits per heavy atom. The van der Waals surface area contributed by atoms with Gasteiger partial charge in [-0.05, 0) is 90.1 Å². The highest BCUT2D eigenvalue weighted by Gasteiger charge is 2.19. The third-order valence-corrected chi connectivity index (χ3v) is 8.17. The molecule has 5 rings (SSSR count). The number of aryl methyl sites for hydroxylation is 1. The number of pyridine rings is 1. The average molecular weight is 637 g/mol. The molecule has 240 valence electrons. The molecule has 0 saturated carbocycles. The van der Waals surface area contributed by atoms with E-state index in [0.717, 1.165) is 29.7 Å². The minimum Gasteiger partial charge on any atom is -0.481 e. The number of carboxylic acids is 1. The molecule has 5 aromatic rings. The smallest absolute Gasteiger partial charge is 0.303 e. The van der Waals surface area contributed by atoms with Crippen molar-refractivity contribution in [2.24, 2.45) is 11.8 Å². The normalized spacial score (nSPS) is 11.3. The van der Waals surface area contributed by atoms with E-state index in [1.54, 1.807) is 0 Å². The summed E-state index contributed by atoms with van der Waals surface area (Å²) in [6.45, 7) is 8.95. The van der Waals surface area contributed by atoms with Crippen LogP contribution in [0.4, 0.5) is 5.69 Å². The van der Waals surface area contributed by atoms with E-state index in [1.165, 1.54) is 22.3 Å². The van der Waals surface area contributed by atoms with Crippen LogP contribution in [0, 0.1) is 11.8 Å². The fourth-order valence-corrected chi connectivity index (χ4v) is 6.09. The number of carbonyl (C=O) groups excluding carboxylic acids is 1. The van der Waals surface area contributed by atoms with Gasteiger partial charge < -0.3 is 14.8 Å². The molecule has 0 atom stereocenters. The Balaban J connectivity index is 0.00000480. The van der Waals surface area contributed by atoms with Crippen molar-refractivity contribution in [2.45, 2.75) is 65.8 Å². The van der Waals surface area contributed by atoms with Crippen molar-refractivity contribution < 1.29 is 14.7 Å². The molecular weight excluding hydrogens is 592 g/mol. The van der Waals surface area contributed by atoms with Gasteiger partial charge in [-0.1, -0.05) is 94.4 Å². The van der Waals surface area contributed by atoms with Gasteiger partial charge >= 0.3 is 5.97 Å². The number of nitrogens with zero attached hydrogens (tertiary/aromatic N) is 1. The molecule has 2 heterocycles. The van der Waals surface area contributed by atoms with Crippen LogP contribution in [0.2, 0.25) is 0 Å². The molecule has 2 N–H and O–H groups in total. The summed E-state index contributed by atoms with van der Waals surface area (Å²) in [6, 6.07) is 33.1. The SMILES string of the molecule is CC(C)Cc1ccc(C(Nc2cccc(C(=O)c3cc(CCCC(=O)O)n4ccccc34)c2)c2ccc(CC(C)C)cc2)cc1.Cl. The summed E-state index contributed by atoms with van der Waals surface area (Å²) in [4.78, 5) is 25.0. The summed E-state index contributed by atoms with van der Waals surface area (Å²) in [5.41, 5.74) is 8.85. The van der Waals surface area contributed by atoms with Crippen molar-refractivity contribution in [3.05, 3.63) is 142 Å². The van der Waals surface area contributed by atoms with Crippen molar-refractivity contribution in [1.82, 2.24) is 4.40 Å². The lowest BCUT2D eigenvalue weighted by Gasteiger charge is -2.22. The van der Waals surface area contributed by atoms with E-state index >= 15 is 0 Å². The Kier molecular flexibility index (Phi) is 11.8. The van der Waals surface area contributed by atoms with Gasteiger partial charge in [-0.25, -0.2) is 0 Å². The lowest BCUT2D eigenvalue weighted by Crippen LogP contribution is -2.13. The Hall–Kier alpha value is -4.35. The van der Waals surface area contributed by atoms with Crippen LogP contribution in [0.25, 0.3) is 5.52 Å². The molecule has 0 spiro atoms. The van der Waals surface area contributed by atoms with Crippen molar-refractivity contribution in [3.63, 3.8) is 0 Å². The van der Waals surface area contributed by atoms with Gasteiger partial charge in [0, 0.05) is 35.1 Å². The number of anilines is 1. The van der Waals surface area contributed by atoms with Gasteiger partial charge in [0.1, 0.15) is 0 Å². The van der Waals surface area contributed by atoms with Crippen LogP contribution in [0.1, 0.15) is 90.4 Å². The fraction of sp³-hybridized carbons (Fsp3) is 0.300. The second-order valence-corrected chi connectivity index (χ2v) is 12.9. The first-order valence-corrected chi connectivity index (χ1v) is 16.1. The fourth-order valence-electron chi connectivity index (χ4n) is 6.09. The van der Waals surface area contributed by atoms with Gasteiger partial charge in [-0.2, -0.15) is 0 Å². The molecule has 6 heteroatoms. The Morgan fingerprint density at radius 2 is 1.37 bits per heavy atom. The number of nitrogens with one attached hydrogen (secondary N) is 1. The second-order valence-electron chi connectivity index (χ2n) is 12.9. The maximum absolute atomic E-state index is 13.9. The molecule has 0 aliphatic rings. The number of carboxylic acid groups (broad SMARTS) is 1. The first kappa shape index (κ1) is 34.5. The maximum atomic E-state index is 13.9. The van der Waals surface area contributed by atoms with Gasteiger partial charge in [0.15, 0.2) is 5.78 Å². The van der Waals surface area contributed by atoms with Crippen LogP contribution in [0.3, 0.4) is 0 Å². The van der Waals surface area contributed by atoms with Gasteiger partial charge in [0.2, 0.25) is 0 Å². The van der Waals surface area contributed by atoms with Gasteiger partial charge in [0.05, 0.1) is 11.6 Å². The average Bonchev–Trinajstić information content (AvgIpc) is 3.38. The molecule has 0 bridgehead atoms. The zero-order valence-electron chi connectivity index (χ0n) is 27.2. The summed E-state index contributed by atoms with van der Waals surface area (Å²) in [6.07, 6.45) is 5.22. The largest absolute Gasteiger partial charge is 0.481 e. The first-order chi connectivity index (χ1) is 21.7. The zero-order chi connectivity index (χ0) is 31.9. The zero-order valence-corrected chi connectivity index (χ0v) is 28.0. The number of carbonyl (C=O) groups is 2.